The fourth-order valence-corrected chi connectivity index (χ4v) is 2.34. The number of hydrogen-bond acceptors (Lipinski definition) is 3. The van der Waals surface area contributed by atoms with Crippen LogP contribution < -0.4 is 5.32 Å². The van der Waals surface area contributed by atoms with Gasteiger partial charge in [-0.05, 0) is 32.3 Å². The predicted molar refractivity (Wildman–Crippen MR) is 67.9 cm³/mol. The van der Waals surface area contributed by atoms with Crippen molar-refractivity contribution in [1.29, 1.82) is 0 Å². The van der Waals surface area contributed by atoms with Crippen LogP contribution in [0.25, 0.3) is 0 Å². The molecule has 1 aromatic heterocycles. The smallest absolute Gasteiger partial charge is 0.0779 e. The first-order chi connectivity index (χ1) is 8.13. The third-order valence-corrected chi connectivity index (χ3v) is 3.50. The van der Waals surface area contributed by atoms with Crippen molar-refractivity contribution in [3.8, 4) is 0 Å². The lowest BCUT2D eigenvalue weighted by Crippen LogP contribution is -2.37. The zero-order chi connectivity index (χ0) is 12.3. The molecule has 0 bridgehead atoms. The molecular formula is C13H23N3O. The summed E-state index contributed by atoms with van der Waals surface area (Å²) < 4.78 is 7.71. The molecule has 4 heteroatoms. The van der Waals surface area contributed by atoms with Crippen LogP contribution in [0.4, 0.5) is 0 Å². The molecule has 96 valence electrons. The van der Waals surface area contributed by atoms with E-state index in [-0.39, 0.29) is 5.60 Å². The third-order valence-electron chi connectivity index (χ3n) is 3.50. The van der Waals surface area contributed by atoms with Gasteiger partial charge in [-0.1, -0.05) is 6.92 Å². The molecule has 1 atom stereocenters. The van der Waals surface area contributed by atoms with E-state index in [1.54, 1.807) is 0 Å². The summed E-state index contributed by atoms with van der Waals surface area (Å²) in [5.74, 6) is 0. The number of aryl methyl sites for hydroxylation is 2. The highest BCUT2D eigenvalue weighted by Gasteiger charge is 2.29. The van der Waals surface area contributed by atoms with Gasteiger partial charge in [0.25, 0.3) is 0 Å². The van der Waals surface area contributed by atoms with Gasteiger partial charge in [-0.15, -0.1) is 0 Å². The number of aromatic nitrogens is 2. The molecule has 1 aromatic rings. The Kier molecular flexibility index (Phi) is 3.84. The van der Waals surface area contributed by atoms with Crippen molar-refractivity contribution in [3.63, 3.8) is 0 Å². The van der Waals surface area contributed by atoms with Crippen molar-refractivity contribution in [2.75, 3.05) is 13.2 Å². The second-order valence-electron chi connectivity index (χ2n) is 5.11. The summed E-state index contributed by atoms with van der Waals surface area (Å²) in [6, 6.07) is 2.17. The number of hydrogen-bond donors (Lipinski definition) is 1. The number of nitrogens with one attached hydrogen (secondary N) is 1. The van der Waals surface area contributed by atoms with Gasteiger partial charge in [-0.3, -0.25) is 4.68 Å². The van der Waals surface area contributed by atoms with Crippen LogP contribution in [0.15, 0.2) is 6.07 Å². The van der Waals surface area contributed by atoms with Crippen LogP contribution in [-0.2, 0) is 24.8 Å². The van der Waals surface area contributed by atoms with Crippen molar-refractivity contribution < 1.29 is 4.74 Å². The summed E-state index contributed by atoms with van der Waals surface area (Å²) in [5, 5.41) is 7.92. The first kappa shape index (κ1) is 12.6. The summed E-state index contributed by atoms with van der Waals surface area (Å²) in [7, 11) is 2.00. The average molecular weight is 237 g/mol. The van der Waals surface area contributed by atoms with Crippen molar-refractivity contribution >= 4 is 0 Å². The molecule has 1 saturated heterocycles. The zero-order valence-corrected chi connectivity index (χ0v) is 11.1. The highest BCUT2D eigenvalue weighted by Crippen LogP contribution is 2.23. The molecule has 1 aliphatic heterocycles. The lowest BCUT2D eigenvalue weighted by atomic mass is 10.0. The topological polar surface area (TPSA) is 39.1 Å². The lowest BCUT2D eigenvalue weighted by Gasteiger charge is -2.23. The minimum atomic E-state index is 0.0339. The Labute approximate surface area is 103 Å². The van der Waals surface area contributed by atoms with E-state index >= 15 is 0 Å². The van der Waals surface area contributed by atoms with E-state index in [0.717, 1.165) is 38.2 Å². The van der Waals surface area contributed by atoms with Gasteiger partial charge in [-0.25, -0.2) is 0 Å². The van der Waals surface area contributed by atoms with E-state index in [2.05, 4.69) is 30.3 Å². The van der Waals surface area contributed by atoms with Crippen LogP contribution >= 0.6 is 0 Å². The molecule has 1 aliphatic rings. The normalized spacial score (nSPS) is 24.4. The Hall–Kier alpha value is -0.870. The largest absolute Gasteiger partial charge is 0.374 e. The molecule has 0 spiro atoms. The van der Waals surface area contributed by atoms with E-state index < -0.39 is 0 Å². The second-order valence-corrected chi connectivity index (χ2v) is 5.11. The van der Waals surface area contributed by atoms with Crippen molar-refractivity contribution in [1.82, 2.24) is 15.1 Å². The van der Waals surface area contributed by atoms with Gasteiger partial charge in [0.2, 0.25) is 0 Å². The average Bonchev–Trinajstić information content (AvgIpc) is 2.87. The molecule has 0 saturated carbocycles. The van der Waals surface area contributed by atoms with Gasteiger partial charge >= 0.3 is 0 Å². The molecule has 0 amide bonds. The van der Waals surface area contributed by atoms with Crippen LogP contribution in [-0.4, -0.2) is 28.5 Å². The van der Waals surface area contributed by atoms with Gasteiger partial charge in [0, 0.05) is 26.7 Å². The number of ether oxygens (including phenoxy) is 1. The summed E-state index contributed by atoms with van der Waals surface area (Å²) >= 11 is 0. The SMILES string of the molecule is CCc1cc(CNCC2(C)CCCO2)n(C)n1. The minimum absolute atomic E-state index is 0.0339. The second kappa shape index (κ2) is 5.19. The van der Waals surface area contributed by atoms with Crippen LogP contribution in [0.1, 0.15) is 38.1 Å². The molecular weight excluding hydrogens is 214 g/mol. The third kappa shape index (κ3) is 3.07. The Morgan fingerprint density at radius 3 is 3.00 bits per heavy atom. The summed E-state index contributed by atoms with van der Waals surface area (Å²) in [6.07, 6.45) is 3.34. The highest BCUT2D eigenvalue weighted by atomic mass is 16.5. The van der Waals surface area contributed by atoms with Gasteiger partial charge in [0.1, 0.15) is 0 Å². The summed E-state index contributed by atoms with van der Waals surface area (Å²) in [4.78, 5) is 0. The van der Waals surface area contributed by atoms with Gasteiger partial charge < -0.3 is 10.1 Å². The molecule has 0 radical (unpaired) electrons. The van der Waals surface area contributed by atoms with Gasteiger partial charge in [0.05, 0.1) is 17.0 Å². The van der Waals surface area contributed by atoms with Crippen molar-refractivity contribution in [2.24, 2.45) is 7.05 Å². The molecule has 0 aliphatic carbocycles. The molecule has 1 N–H and O–H groups in total. The van der Waals surface area contributed by atoms with E-state index in [0.29, 0.717) is 0 Å². The fraction of sp³-hybridized carbons (Fsp3) is 0.769. The predicted octanol–water partition coefficient (Wildman–Crippen LogP) is 1.64. The van der Waals surface area contributed by atoms with E-state index in [1.165, 1.54) is 12.1 Å². The Morgan fingerprint density at radius 1 is 1.59 bits per heavy atom. The van der Waals surface area contributed by atoms with Crippen molar-refractivity contribution in [3.05, 3.63) is 17.5 Å². The maximum absolute atomic E-state index is 5.75. The summed E-state index contributed by atoms with van der Waals surface area (Å²) in [6.45, 7) is 7.01. The zero-order valence-electron chi connectivity index (χ0n) is 11.1. The van der Waals surface area contributed by atoms with Gasteiger partial charge in [0.15, 0.2) is 0 Å². The lowest BCUT2D eigenvalue weighted by molar-refractivity contribution is 0.0205. The molecule has 0 aromatic carbocycles. The maximum atomic E-state index is 5.75. The first-order valence-corrected chi connectivity index (χ1v) is 6.49. The van der Waals surface area contributed by atoms with Crippen LogP contribution in [0, 0.1) is 0 Å². The summed E-state index contributed by atoms with van der Waals surface area (Å²) in [5.41, 5.74) is 2.43. The van der Waals surface area contributed by atoms with Gasteiger partial charge in [-0.2, -0.15) is 5.10 Å². The monoisotopic (exact) mass is 237 g/mol. The fourth-order valence-electron chi connectivity index (χ4n) is 2.34. The molecule has 1 unspecified atom stereocenters. The van der Waals surface area contributed by atoms with Crippen LogP contribution in [0.5, 0.6) is 0 Å². The van der Waals surface area contributed by atoms with E-state index in [4.69, 9.17) is 4.74 Å². The van der Waals surface area contributed by atoms with Crippen molar-refractivity contribution in [2.45, 2.75) is 45.3 Å². The van der Waals surface area contributed by atoms with Crippen LogP contribution in [0.2, 0.25) is 0 Å². The standard InChI is InChI=1S/C13H23N3O/c1-4-11-8-12(16(3)15-11)9-14-10-13(2)6-5-7-17-13/h8,14H,4-7,9-10H2,1-3H3. The molecule has 1 fully saturated rings. The highest BCUT2D eigenvalue weighted by molar-refractivity contribution is 5.10. The Balaban J connectivity index is 1.83. The number of nitrogens with zero attached hydrogens (tertiary/aromatic N) is 2. The molecule has 2 rings (SSSR count). The number of rotatable bonds is 5. The molecule has 4 nitrogen and oxygen atoms in total. The first-order valence-electron chi connectivity index (χ1n) is 6.49. The van der Waals surface area contributed by atoms with E-state index in [1.807, 2.05) is 11.7 Å². The maximum Gasteiger partial charge on any atom is 0.0779 e. The minimum Gasteiger partial charge on any atom is -0.374 e. The van der Waals surface area contributed by atoms with Crippen LogP contribution in [0.3, 0.4) is 0 Å². The van der Waals surface area contributed by atoms with E-state index in [9.17, 15) is 0 Å². The Morgan fingerprint density at radius 2 is 2.41 bits per heavy atom. The molecule has 17 heavy (non-hydrogen) atoms. The Bertz CT molecular complexity index is 367. The molecule has 2 heterocycles. The quantitative estimate of drug-likeness (QED) is 0.846.